The summed E-state index contributed by atoms with van der Waals surface area (Å²) in [4.78, 5) is 14.1. The van der Waals surface area contributed by atoms with E-state index < -0.39 is 9.84 Å². The maximum absolute atomic E-state index is 12.3. The minimum atomic E-state index is -2.95. The van der Waals surface area contributed by atoms with Gasteiger partial charge in [-0.2, -0.15) is 0 Å². The van der Waals surface area contributed by atoms with Gasteiger partial charge in [0.2, 0.25) is 0 Å². The molecular formula is C19H28N2O3S. The lowest BCUT2D eigenvalue weighted by Gasteiger charge is -2.32. The molecule has 0 aromatic heterocycles. The Balaban J connectivity index is 1.39. The van der Waals surface area contributed by atoms with Crippen molar-refractivity contribution in [3.63, 3.8) is 0 Å². The van der Waals surface area contributed by atoms with Crippen molar-refractivity contribution in [1.82, 2.24) is 10.2 Å². The zero-order valence-electron chi connectivity index (χ0n) is 14.9. The number of amides is 2. The average Bonchev–Trinajstić information content (AvgIpc) is 2.93. The molecule has 0 saturated carbocycles. The van der Waals surface area contributed by atoms with Gasteiger partial charge in [0, 0.05) is 19.1 Å². The summed E-state index contributed by atoms with van der Waals surface area (Å²) >= 11 is 0. The first-order valence-corrected chi connectivity index (χ1v) is 11.0. The van der Waals surface area contributed by atoms with Gasteiger partial charge in [0.25, 0.3) is 0 Å². The highest BCUT2D eigenvalue weighted by Crippen LogP contribution is 2.23. The Bertz CT molecular complexity index is 692. The van der Waals surface area contributed by atoms with Crippen LogP contribution >= 0.6 is 0 Å². The van der Waals surface area contributed by atoms with Crippen LogP contribution in [-0.4, -0.2) is 50.0 Å². The van der Waals surface area contributed by atoms with E-state index >= 15 is 0 Å². The summed E-state index contributed by atoms with van der Waals surface area (Å²) in [6.07, 6.45) is 4.86. The van der Waals surface area contributed by atoms with Gasteiger partial charge in [0.05, 0.1) is 11.5 Å². The average molecular weight is 365 g/mol. The molecule has 2 aliphatic rings. The first kappa shape index (κ1) is 18.2. The molecule has 1 aromatic carbocycles. The van der Waals surface area contributed by atoms with Crippen LogP contribution in [-0.2, 0) is 16.3 Å². The second-order valence-corrected chi connectivity index (χ2v) is 9.73. The van der Waals surface area contributed by atoms with Gasteiger partial charge in [0.15, 0.2) is 9.84 Å². The minimum Gasteiger partial charge on any atom is -0.334 e. The number of nitrogens with zero attached hydrogens (tertiary/aromatic N) is 1. The molecule has 0 bridgehead atoms. The van der Waals surface area contributed by atoms with Crippen LogP contribution in [0.25, 0.3) is 0 Å². The number of hydrogen-bond acceptors (Lipinski definition) is 3. The molecule has 0 radical (unpaired) electrons. The SMILES string of the molecule is Cc1ccc(CCC2CCN(C(=O)NC3CCS(=O)(=O)C3)CC2)cc1. The molecule has 6 heteroatoms. The van der Waals surface area contributed by atoms with Crippen LogP contribution in [0.4, 0.5) is 4.79 Å². The normalized spacial score (nSPS) is 23.6. The smallest absolute Gasteiger partial charge is 0.317 e. The standard InChI is InChI=1S/C19H28N2O3S/c1-15-2-4-16(5-3-15)6-7-17-8-11-21(12-9-17)19(22)20-18-10-13-25(23,24)14-18/h2-5,17-18H,6-14H2,1H3,(H,20,22). The second kappa shape index (κ2) is 7.77. The number of aryl methyl sites for hydroxylation is 2. The lowest BCUT2D eigenvalue weighted by Crippen LogP contribution is -2.48. The van der Waals surface area contributed by atoms with Gasteiger partial charge in [-0.25, -0.2) is 13.2 Å². The summed E-state index contributed by atoms with van der Waals surface area (Å²) in [5.74, 6) is 0.947. The molecular weight excluding hydrogens is 336 g/mol. The summed E-state index contributed by atoms with van der Waals surface area (Å²) in [5.41, 5.74) is 2.67. The number of urea groups is 1. The van der Waals surface area contributed by atoms with E-state index in [0.29, 0.717) is 12.3 Å². The predicted molar refractivity (Wildman–Crippen MR) is 99.4 cm³/mol. The van der Waals surface area contributed by atoms with Gasteiger partial charge in [-0.3, -0.25) is 0 Å². The molecule has 0 aliphatic carbocycles. The third kappa shape index (κ3) is 5.21. The molecule has 1 atom stereocenters. The van der Waals surface area contributed by atoms with E-state index in [2.05, 4.69) is 36.5 Å². The van der Waals surface area contributed by atoms with Crippen LogP contribution in [0.15, 0.2) is 24.3 Å². The predicted octanol–water partition coefficient (Wildman–Crippen LogP) is 2.54. The molecule has 1 unspecified atom stereocenters. The number of piperidine rings is 1. The van der Waals surface area contributed by atoms with E-state index in [9.17, 15) is 13.2 Å². The van der Waals surface area contributed by atoms with Crippen molar-refractivity contribution in [2.45, 2.75) is 45.1 Å². The number of benzene rings is 1. The molecule has 0 spiro atoms. The quantitative estimate of drug-likeness (QED) is 0.893. The van der Waals surface area contributed by atoms with Gasteiger partial charge in [-0.05, 0) is 50.5 Å². The van der Waals surface area contributed by atoms with Crippen molar-refractivity contribution in [2.75, 3.05) is 24.6 Å². The van der Waals surface area contributed by atoms with Crippen molar-refractivity contribution in [3.8, 4) is 0 Å². The molecule has 2 heterocycles. The fraction of sp³-hybridized carbons (Fsp3) is 0.632. The first-order valence-electron chi connectivity index (χ1n) is 9.23. The highest BCUT2D eigenvalue weighted by atomic mass is 32.2. The maximum Gasteiger partial charge on any atom is 0.317 e. The Morgan fingerprint density at radius 1 is 1.16 bits per heavy atom. The van der Waals surface area contributed by atoms with Crippen LogP contribution < -0.4 is 5.32 Å². The van der Waals surface area contributed by atoms with Gasteiger partial charge in [0.1, 0.15) is 0 Å². The molecule has 138 valence electrons. The van der Waals surface area contributed by atoms with Crippen molar-refractivity contribution in [3.05, 3.63) is 35.4 Å². The summed E-state index contributed by atoms with van der Waals surface area (Å²) in [7, 11) is -2.95. The minimum absolute atomic E-state index is 0.0890. The summed E-state index contributed by atoms with van der Waals surface area (Å²) in [6, 6.07) is 8.41. The monoisotopic (exact) mass is 364 g/mol. The summed E-state index contributed by atoms with van der Waals surface area (Å²) in [5, 5.41) is 2.89. The lowest BCUT2D eigenvalue weighted by atomic mass is 9.90. The highest BCUT2D eigenvalue weighted by molar-refractivity contribution is 7.91. The van der Waals surface area contributed by atoms with Crippen LogP contribution in [0.1, 0.15) is 36.8 Å². The molecule has 3 rings (SSSR count). The van der Waals surface area contributed by atoms with E-state index in [0.717, 1.165) is 32.4 Å². The third-order valence-electron chi connectivity index (χ3n) is 5.42. The Labute approximate surface area is 150 Å². The van der Waals surface area contributed by atoms with E-state index in [1.807, 2.05) is 4.90 Å². The molecule has 5 nitrogen and oxygen atoms in total. The summed E-state index contributed by atoms with van der Waals surface area (Å²) < 4.78 is 23.0. The summed E-state index contributed by atoms with van der Waals surface area (Å²) in [6.45, 7) is 3.64. The van der Waals surface area contributed by atoms with Crippen LogP contribution in [0.5, 0.6) is 0 Å². The van der Waals surface area contributed by atoms with Crippen molar-refractivity contribution in [1.29, 1.82) is 0 Å². The van der Waals surface area contributed by atoms with Gasteiger partial charge < -0.3 is 10.2 Å². The zero-order valence-corrected chi connectivity index (χ0v) is 15.7. The number of carbonyl (C=O) groups is 1. The Hall–Kier alpha value is -1.56. The second-order valence-electron chi connectivity index (χ2n) is 7.50. The number of carbonyl (C=O) groups excluding carboxylic acids is 1. The maximum atomic E-state index is 12.3. The molecule has 2 saturated heterocycles. The fourth-order valence-corrected chi connectivity index (χ4v) is 5.40. The van der Waals surface area contributed by atoms with Gasteiger partial charge in [-0.1, -0.05) is 29.8 Å². The number of nitrogens with one attached hydrogen (secondary N) is 1. The highest BCUT2D eigenvalue weighted by Gasteiger charge is 2.31. The number of rotatable bonds is 4. The molecule has 25 heavy (non-hydrogen) atoms. The first-order chi connectivity index (χ1) is 11.9. The van der Waals surface area contributed by atoms with Crippen molar-refractivity contribution >= 4 is 15.9 Å². The van der Waals surface area contributed by atoms with E-state index in [-0.39, 0.29) is 23.6 Å². The van der Waals surface area contributed by atoms with E-state index in [4.69, 9.17) is 0 Å². The van der Waals surface area contributed by atoms with Crippen molar-refractivity contribution < 1.29 is 13.2 Å². The van der Waals surface area contributed by atoms with E-state index in [1.54, 1.807) is 0 Å². The topological polar surface area (TPSA) is 66.5 Å². The molecule has 1 N–H and O–H groups in total. The fourth-order valence-electron chi connectivity index (χ4n) is 3.73. The Kier molecular flexibility index (Phi) is 5.67. The van der Waals surface area contributed by atoms with Crippen LogP contribution in [0.2, 0.25) is 0 Å². The number of hydrogen-bond donors (Lipinski definition) is 1. The Morgan fingerprint density at radius 3 is 2.44 bits per heavy atom. The van der Waals surface area contributed by atoms with Crippen LogP contribution in [0.3, 0.4) is 0 Å². The lowest BCUT2D eigenvalue weighted by molar-refractivity contribution is 0.165. The molecule has 2 fully saturated rings. The largest absolute Gasteiger partial charge is 0.334 e. The van der Waals surface area contributed by atoms with Crippen LogP contribution in [0, 0.1) is 12.8 Å². The van der Waals surface area contributed by atoms with Crippen molar-refractivity contribution in [2.24, 2.45) is 5.92 Å². The zero-order chi connectivity index (χ0) is 17.9. The van der Waals surface area contributed by atoms with Gasteiger partial charge >= 0.3 is 6.03 Å². The number of likely N-dealkylation sites (tertiary alicyclic amines) is 1. The van der Waals surface area contributed by atoms with E-state index in [1.165, 1.54) is 17.5 Å². The Morgan fingerprint density at radius 2 is 1.84 bits per heavy atom. The molecule has 1 aromatic rings. The number of sulfone groups is 1. The molecule has 2 amide bonds. The van der Waals surface area contributed by atoms with Gasteiger partial charge in [-0.15, -0.1) is 0 Å². The third-order valence-corrected chi connectivity index (χ3v) is 7.19. The molecule has 2 aliphatic heterocycles.